The van der Waals surface area contributed by atoms with E-state index in [1.165, 1.54) is 44.9 Å². The van der Waals surface area contributed by atoms with Crippen LogP contribution < -0.4 is 0 Å². The number of unbranched alkanes of at least 4 members (excludes halogenated alkanes) is 1. The minimum absolute atomic E-state index is 0.324. The molecule has 0 heterocycles. The molecule has 2 rings (SSSR count). The maximum atomic E-state index is 12.8. The third-order valence-corrected chi connectivity index (χ3v) is 5.69. The highest BCUT2D eigenvalue weighted by atomic mass is 79.9. The number of amides is 1. The van der Waals surface area contributed by atoms with E-state index in [1.807, 2.05) is 0 Å². The molecule has 2 nitrogen and oxygen atoms in total. The van der Waals surface area contributed by atoms with Gasteiger partial charge in [0, 0.05) is 24.3 Å². The number of carbonyl (C=O) groups is 1. The predicted molar refractivity (Wildman–Crippen MR) is 88.1 cm³/mol. The van der Waals surface area contributed by atoms with Crippen molar-refractivity contribution in [3.8, 4) is 0 Å². The fourth-order valence-electron chi connectivity index (χ4n) is 4.14. The monoisotopic (exact) mass is 343 g/mol. The zero-order valence-corrected chi connectivity index (χ0v) is 14.5. The van der Waals surface area contributed by atoms with Gasteiger partial charge in [0.15, 0.2) is 0 Å². The fraction of sp³-hybridized carbons (Fsp3) is 0.941. The Kier molecular flexibility index (Phi) is 6.86. The molecule has 3 unspecified atom stereocenters. The number of hydrogen-bond donors (Lipinski definition) is 0. The summed E-state index contributed by atoms with van der Waals surface area (Å²) in [4.78, 5) is 14.9. The van der Waals surface area contributed by atoms with E-state index >= 15 is 0 Å². The largest absolute Gasteiger partial charge is 0.342 e. The van der Waals surface area contributed by atoms with Crippen LogP contribution in [0.1, 0.15) is 64.7 Å². The average Bonchev–Trinajstić information content (AvgIpc) is 2.50. The lowest BCUT2D eigenvalue weighted by Gasteiger charge is -2.40. The van der Waals surface area contributed by atoms with Gasteiger partial charge in [0.1, 0.15) is 0 Å². The normalized spacial score (nSPS) is 29.8. The Balaban J connectivity index is 1.89. The molecule has 0 saturated heterocycles. The Morgan fingerprint density at radius 1 is 1.10 bits per heavy atom. The van der Waals surface area contributed by atoms with Gasteiger partial charge >= 0.3 is 0 Å². The van der Waals surface area contributed by atoms with Gasteiger partial charge in [-0.1, -0.05) is 55.0 Å². The van der Waals surface area contributed by atoms with Gasteiger partial charge in [-0.2, -0.15) is 0 Å². The molecule has 2 aliphatic rings. The van der Waals surface area contributed by atoms with E-state index in [9.17, 15) is 4.79 Å². The molecule has 0 N–H and O–H groups in total. The topological polar surface area (TPSA) is 20.3 Å². The van der Waals surface area contributed by atoms with Crippen molar-refractivity contribution >= 4 is 21.8 Å². The van der Waals surface area contributed by atoms with Crippen LogP contribution >= 0.6 is 15.9 Å². The van der Waals surface area contributed by atoms with Gasteiger partial charge in [-0.25, -0.2) is 0 Å². The molecule has 3 heteroatoms. The van der Waals surface area contributed by atoms with Gasteiger partial charge in [-0.3, -0.25) is 4.79 Å². The Morgan fingerprint density at radius 2 is 1.85 bits per heavy atom. The van der Waals surface area contributed by atoms with Gasteiger partial charge in [-0.05, 0) is 37.5 Å². The lowest BCUT2D eigenvalue weighted by Crippen LogP contribution is -2.41. The van der Waals surface area contributed by atoms with E-state index in [-0.39, 0.29) is 0 Å². The summed E-state index contributed by atoms with van der Waals surface area (Å²) in [5.41, 5.74) is 0. The molecule has 0 aromatic rings. The van der Waals surface area contributed by atoms with E-state index in [2.05, 4.69) is 27.8 Å². The van der Waals surface area contributed by atoms with E-state index < -0.39 is 0 Å². The summed E-state index contributed by atoms with van der Waals surface area (Å²) >= 11 is 3.50. The Labute approximate surface area is 132 Å². The number of fused-ring (bicyclic) bond motifs is 1. The number of halogens is 1. The third kappa shape index (κ3) is 4.22. The van der Waals surface area contributed by atoms with Crippen LogP contribution in [0, 0.1) is 17.8 Å². The maximum absolute atomic E-state index is 12.8. The Morgan fingerprint density at radius 3 is 2.55 bits per heavy atom. The van der Waals surface area contributed by atoms with Gasteiger partial charge < -0.3 is 4.90 Å². The lowest BCUT2D eigenvalue weighted by atomic mass is 9.67. The van der Waals surface area contributed by atoms with Crippen molar-refractivity contribution in [1.29, 1.82) is 0 Å². The zero-order chi connectivity index (χ0) is 14.4. The quantitative estimate of drug-likeness (QED) is 0.644. The van der Waals surface area contributed by atoms with E-state index in [1.54, 1.807) is 0 Å². The van der Waals surface area contributed by atoms with Crippen LogP contribution in [0.3, 0.4) is 0 Å². The standard InChI is InChI=1S/C17H30BrNO/c1-2-3-11-19(12-10-18)17(20)16-9-8-14-6-4-5-7-15(14)13-16/h14-16H,2-13H2,1H3. The molecule has 0 aliphatic heterocycles. The first-order chi connectivity index (χ1) is 9.76. The third-order valence-electron chi connectivity index (χ3n) is 5.34. The minimum atomic E-state index is 0.324. The summed E-state index contributed by atoms with van der Waals surface area (Å²) in [5, 5.41) is 0.904. The van der Waals surface area contributed by atoms with Crippen LogP contribution in [0.2, 0.25) is 0 Å². The molecular weight excluding hydrogens is 314 g/mol. The van der Waals surface area contributed by atoms with E-state index in [0.717, 1.165) is 43.1 Å². The first kappa shape index (κ1) is 16.3. The zero-order valence-electron chi connectivity index (χ0n) is 13.0. The van der Waals surface area contributed by atoms with Crippen molar-refractivity contribution in [2.24, 2.45) is 17.8 Å². The van der Waals surface area contributed by atoms with Crippen molar-refractivity contribution < 1.29 is 4.79 Å². The van der Waals surface area contributed by atoms with Crippen LogP contribution in [0.15, 0.2) is 0 Å². The molecule has 0 aromatic heterocycles. The number of nitrogens with zero attached hydrogens (tertiary/aromatic N) is 1. The van der Waals surface area contributed by atoms with Gasteiger partial charge in [0.2, 0.25) is 5.91 Å². The van der Waals surface area contributed by atoms with Gasteiger partial charge in [-0.15, -0.1) is 0 Å². The minimum Gasteiger partial charge on any atom is -0.342 e. The summed E-state index contributed by atoms with van der Waals surface area (Å²) in [6.45, 7) is 4.03. The summed E-state index contributed by atoms with van der Waals surface area (Å²) in [6, 6.07) is 0. The van der Waals surface area contributed by atoms with Crippen molar-refractivity contribution in [1.82, 2.24) is 4.90 Å². The fourth-order valence-corrected chi connectivity index (χ4v) is 4.57. The Hall–Kier alpha value is -0.0500. The Bertz CT molecular complexity index is 307. The number of carbonyl (C=O) groups excluding carboxylic acids is 1. The van der Waals surface area contributed by atoms with Crippen LogP contribution in [-0.4, -0.2) is 29.2 Å². The van der Waals surface area contributed by atoms with Gasteiger partial charge in [0.25, 0.3) is 0 Å². The molecular formula is C17H30BrNO. The second kappa shape index (κ2) is 8.41. The van der Waals surface area contributed by atoms with Gasteiger partial charge in [0.05, 0.1) is 0 Å². The van der Waals surface area contributed by atoms with E-state index in [4.69, 9.17) is 0 Å². The van der Waals surface area contributed by atoms with Crippen molar-refractivity contribution in [3.63, 3.8) is 0 Å². The highest BCUT2D eigenvalue weighted by Crippen LogP contribution is 2.43. The highest BCUT2D eigenvalue weighted by Gasteiger charge is 2.36. The van der Waals surface area contributed by atoms with Crippen molar-refractivity contribution in [3.05, 3.63) is 0 Å². The molecule has 2 saturated carbocycles. The highest BCUT2D eigenvalue weighted by molar-refractivity contribution is 9.09. The molecule has 1 amide bonds. The summed E-state index contributed by atoms with van der Waals surface area (Å²) in [6.07, 6.45) is 11.5. The van der Waals surface area contributed by atoms with E-state index in [0.29, 0.717) is 11.8 Å². The van der Waals surface area contributed by atoms with Crippen molar-refractivity contribution in [2.45, 2.75) is 64.7 Å². The molecule has 2 aliphatic carbocycles. The second-order valence-electron chi connectivity index (χ2n) is 6.68. The molecule has 0 aromatic carbocycles. The molecule has 116 valence electrons. The molecule has 2 fully saturated rings. The number of hydrogen-bond acceptors (Lipinski definition) is 1. The summed E-state index contributed by atoms with van der Waals surface area (Å²) in [7, 11) is 0. The first-order valence-electron chi connectivity index (χ1n) is 8.61. The van der Waals surface area contributed by atoms with Crippen molar-refractivity contribution in [2.75, 3.05) is 18.4 Å². The summed E-state index contributed by atoms with van der Waals surface area (Å²) < 4.78 is 0. The number of alkyl halides is 1. The molecule has 3 atom stereocenters. The van der Waals surface area contributed by atoms with Crippen LogP contribution in [0.4, 0.5) is 0 Å². The van der Waals surface area contributed by atoms with Crippen LogP contribution in [0.25, 0.3) is 0 Å². The molecule has 0 spiro atoms. The lowest BCUT2D eigenvalue weighted by molar-refractivity contribution is -0.137. The smallest absolute Gasteiger partial charge is 0.225 e. The van der Waals surface area contributed by atoms with Crippen LogP contribution in [0.5, 0.6) is 0 Å². The number of rotatable bonds is 6. The molecule has 20 heavy (non-hydrogen) atoms. The average molecular weight is 344 g/mol. The predicted octanol–water partition coefficient (Wildman–Crippen LogP) is 4.62. The molecule has 0 radical (unpaired) electrons. The van der Waals surface area contributed by atoms with Crippen LogP contribution in [-0.2, 0) is 4.79 Å². The molecule has 0 bridgehead atoms. The first-order valence-corrected chi connectivity index (χ1v) is 9.73. The SMILES string of the molecule is CCCCN(CCBr)C(=O)C1CCC2CCCCC2C1. The second-order valence-corrected chi connectivity index (χ2v) is 7.48. The maximum Gasteiger partial charge on any atom is 0.225 e. The summed E-state index contributed by atoms with van der Waals surface area (Å²) in [5.74, 6) is 2.56.